The van der Waals surface area contributed by atoms with E-state index in [2.05, 4.69) is 141 Å². The first kappa shape index (κ1) is 37.5. The Labute approximate surface area is 339 Å². The first-order valence-corrected chi connectivity index (χ1v) is 20.1. The van der Waals surface area contributed by atoms with Gasteiger partial charge < -0.3 is 19.6 Å². The fourth-order valence-corrected chi connectivity index (χ4v) is 8.89. The minimum Gasteiger partial charge on any atom is -0.320 e. The van der Waals surface area contributed by atoms with E-state index in [4.69, 9.17) is 46.4 Å². The number of piperazine rings is 2. The van der Waals surface area contributed by atoms with E-state index < -0.39 is 0 Å². The number of anilines is 2. The zero-order chi connectivity index (χ0) is 37.7. The van der Waals surface area contributed by atoms with Crippen LogP contribution in [0.25, 0.3) is 0 Å². The lowest BCUT2D eigenvalue weighted by molar-refractivity contribution is -0.0699. The molecule has 2 saturated heterocycles. The quantitative estimate of drug-likeness (QED) is 0.183. The van der Waals surface area contributed by atoms with Crippen molar-refractivity contribution < 1.29 is 0 Å². The van der Waals surface area contributed by atoms with Crippen LogP contribution in [0.1, 0.15) is 34.6 Å². The fourth-order valence-electron chi connectivity index (χ4n) is 7.88. The summed E-state index contributed by atoms with van der Waals surface area (Å²) in [7, 11) is 4.39. The maximum atomic E-state index is 7.18. The predicted octanol–water partition coefficient (Wildman–Crippen LogP) is 9.27. The molecule has 54 heavy (non-hydrogen) atoms. The van der Waals surface area contributed by atoms with E-state index in [-0.39, 0.29) is 12.3 Å². The van der Waals surface area contributed by atoms with Crippen molar-refractivity contribution in [3.05, 3.63) is 151 Å². The predicted molar refractivity (Wildman–Crippen MR) is 224 cm³/mol. The zero-order valence-corrected chi connectivity index (χ0v) is 34.2. The van der Waals surface area contributed by atoms with Gasteiger partial charge in [0.25, 0.3) is 0 Å². The van der Waals surface area contributed by atoms with E-state index in [1.54, 1.807) is 0 Å². The van der Waals surface area contributed by atoms with Crippen LogP contribution in [0.3, 0.4) is 0 Å². The average Bonchev–Trinajstić information content (AvgIpc) is 3.73. The lowest BCUT2D eigenvalue weighted by atomic mass is 10.1. The molecule has 282 valence electrons. The molecule has 4 aliphatic rings. The molecule has 12 heteroatoms. The summed E-state index contributed by atoms with van der Waals surface area (Å²) < 4.78 is 0. The Bertz CT molecular complexity index is 1890. The first-order chi connectivity index (χ1) is 26.0. The van der Waals surface area contributed by atoms with Crippen LogP contribution < -0.4 is 9.80 Å². The van der Waals surface area contributed by atoms with Gasteiger partial charge in [-0.3, -0.25) is 10.0 Å². The number of benzene rings is 4. The molecule has 4 aliphatic heterocycles. The molecule has 0 saturated carbocycles. The van der Waals surface area contributed by atoms with Crippen LogP contribution in [-0.4, -0.2) is 96.3 Å². The van der Waals surface area contributed by atoms with Gasteiger partial charge in [-0.05, 0) is 76.5 Å². The number of halogens is 4. The van der Waals surface area contributed by atoms with E-state index in [9.17, 15) is 0 Å². The third kappa shape index (κ3) is 7.31. The highest BCUT2D eigenvalue weighted by molar-refractivity contribution is 6.35. The zero-order valence-electron chi connectivity index (χ0n) is 31.1. The Morgan fingerprint density at radius 1 is 0.463 bits per heavy atom. The van der Waals surface area contributed by atoms with Crippen molar-refractivity contribution in [3.63, 3.8) is 0 Å². The molecule has 0 radical (unpaired) electrons. The van der Waals surface area contributed by atoms with E-state index in [0.717, 1.165) is 86.3 Å². The molecule has 2 fully saturated rings. The molecule has 0 amide bonds. The van der Waals surface area contributed by atoms with E-state index in [1.165, 1.54) is 11.1 Å². The number of hydrogen-bond donors (Lipinski definition) is 0. The summed E-state index contributed by atoms with van der Waals surface area (Å²) in [6.07, 6.45) is 4.06. The molecule has 0 aromatic heterocycles. The van der Waals surface area contributed by atoms with Crippen LogP contribution in [0.4, 0.5) is 11.4 Å². The minimum absolute atomic E-state index is 0.280. The molecule has 0 aliphatic carbocycles. The molecule has 8 nitrogen and oxygen atoms in total. The third-order valence-electron chi connectivity index (χ3n) is 11.0. The van der Waals surface area contributed by atoms with Gasteiger partial charge in [-0.1, -0.05) is 93.9 Å². The van der Waals surface area contributed by atoms with Gasteiger partial charge in [0.15, 0.2) is 0 Å². The van der Waals surface area contributed by atoms with Gasteiger partial charge in [-0.2, -0.15) is 0 Å². The Balaban J connectivity index is 1.36. The summed E-state index contributed by atoms with van der Waals surface area (Å²) in [4.78, 5) is 9.51. The lowest BCUT2D eigenvalue weighted by Crippen LogP contribution is -2.56. The molecule has 4 heterocycles. The molecule has 0 spiro atoms. The number of aryl methyl sites for hydroxylation is 2. The summed E-state index contributed by atoms with van der Waals surface area (Å²) in [6, 6.07) is 29.2. The topological polar surface area (TPSA) is 25.9 Å². The van der Waals surface area contributed by atoms with Crippen LogP contribution in [0, 0.1) is 13.8 Å². The second-order valence-electron chi connectivity index (χ2n) is 14.8. The maximum absolute atomic E-state index is 7.18. The highest BCUT2D eigenvalue weighted by atomic mass is 35.5. The van der Waals surface area contributed by atoms with Crippen molar-refractivity contribution in [1.82, 2.24) is 29.8 Å². The van der Waals surface area contributed by atoms with E-state index in [1.807, 2.05) is 24.3 Å². The summed E-state index contributed by atoms with van der Waals surface area (Å²) in [6.45, 7) is 11.4. The minimum atomic E-state index is -0.280. The first-order valence-electron chi connectivity index (χ1n) is 18.5. The van der Waals surface area contributed by atoms with Crippen molar-refractivity contribution in [3.8, 4) is 0 Å². The Hall–Kier alpha value is -3.44. The molecule has 0 bridgehead atoms. The van der Waals surface area contributed by atoms with Gasteiger partial charge in [-0.25, -0.2) is 10.0 Å². The molecular formula is C42H46Cl4N8. The molecule has 8 rings (SSSR count). The van der Waals surface area contributed by atoms with Crippen LogP contribution in [0.5, 0.6) is 0 Å². The van der Waals surface area contributed by atoms with Crippen LogP contribution >= 0.6 is 46.4 Å². The van der Waals surface area contributed by atoms with Crippen LogP contribution in [-0.2, 0) is 0 Å². The van der Waals surface area contributed by atoms with Crippen molar-refractivity contribution in [2.75, 3.05) is 76.3 Å². The fraction of sp³-hybridized carbons (Fsp3) is 0.333. The standard InChI is InChI=1S/C42H46Cl4N8/c1-29-5-11-33(12-6-29)51-27-39(53(49-21-17-47(3)18-22-49)41(51)35-15-9-31(43)25-37(35)45)40-28-52(34-13-7-30(2)8-14-34)42(36-16-10-32(44)26-38(36)46)54(40)50-23-19-48(4)20-24-50/h5-16,25-28,41-42H,17-24H2,1-4H3. The van der Waals surface area contributed by atoms with Gasteiger partial charge in [-0.15, -0.1) is 0 Å². The molecule has 4 aromatic rings. The Morgan fingerprint density at radius 3 is 1.15 bits per heavy atom. The molecule has 2 unspecified atom stereocenters. The summed E-state index contributed by atoms with van der Waals surface area (Å²) >= 11 is 27.4. The van der Waals surface area contributed by atoms with Gasteiger partial charge >= 0.3 is 0 Å². The van der Waals surface area contributed by atoms with Crippen LogP contribution in [0.15, 0.2) is 109 Å². The van der Waals surface area contributed by atoms with Crippen molar-refractivity contribution >= 4 is 57.8 Å². The summed E-state index contributed by atoms with van der Waals surface area (Å²) in [5.74, 6) is 0. The second-order valence-corrected chi connectivity index (χ2v) is 16.5. The number of likely N-dealkylation sites (N-methyl/N-ethyl adjacent to an activating group) is 2. The monoisotopic (exact) mass is 802 g/mol. The highest BCUT2D eigenvalue weighted by Gasteiger charge is 2.47. The van der Waals surface area contributed by atoms with Gasteiger partial charge in [0, 0.05) is 107 Å². The van der Waals surface area contributed by atoms with Crippen molar-refractivity contribution in [2.24, 2.45) is 0 Å². The van der Waals surface area contributed by atoms with Crippen molar-refractivity contribution in [2.45, 2.75) is 26.2 Å². The number of nitrogens with zero attached hydrogens (tertiary/aromatic N) is 8. The molecule has 2 atom stereocenters. The highest BCUT2D eigenvalue weighted by Crippen LogP contribution is 2.50. The lowest BCUT2D eigenvalue weighted by Gasteiger charge is -2.48. The van der Waals surface area contributed by atoms with E-state index >= 15 is 0 Å². The van der Waals surface area contributed by atoms with Crippen LogP contribution in [0.2, 0.25) is 20.1 Å². The largest absolute Gasteiger partial charge is 0.320 e. The van der Waals surface area contributed by atoms with Gasteiger partial charge in [0.1, 0.15) is 12.3 Å². The number of hydrazine groups is 2. The molecular weight excluding hydrogens is 758 g/mol. The number of hydrogen-bond acceptors (Lipinski definition) is 8. The van der Waals surface area contributed by atoms with Crippen molar-refractivity contribution in [1.29, 1.82) is 0 Å². The Morgan fingerprint density at radius 2 is 0.815 bits per heavy atom. The van der Waals surface area contributed by atoms with E-state index in [0.29, 0.717) is 20.1 Å². The molecule has 4 aromatic carbocycles. The summed E-state index contributed by atoms with van der Waals surface area (Å²) in [5.41, 5.74) is 8.64. The van der Waals surface area contributed by atoms with Gasteiger partial charge in [0.05, 0.1) is 11.4 Å². The third-order valence-corrected chi connectivity index (χ3v) is 12.1. The average molecular weight is 805 g/mol. The maximum Gasteiger partial charge on any atom is 0.148 e. The molecule has 0 N–H and O–H groups in total. The number of rotatable bonds is 7. The Kier molecular flexibility index (Phi) is 10.8. The second kappa shape index (κ2) is 15.6. The SMILES string of the molecule is Cc1ccc(N2C=C(C3=CN(c4ccc(C)cc4)C(c4ccc(Cl)cc4Cl)N3N3CCN(C)CC3)N(N3CCN(C)CC3)C2c2ccc(Cl)cc2Cl)cc1. The van der Waals surface area contributed by atoms with Gasteiger partial charge in [0.2, 0.25) is 0 Å². The smallest absolute Gasteiger partial charge is 0.148 e. The normalized spacial score (nSPS) is 22.0. The summed E-state index contributed by atoms with van der Waals surface area (Å²) in [5, 5.41) is 12.4.